The molecule has 0 aliphatic rings. The molecule has 0 radical (unpaired) electrons. The minimum Gasteiger partial charge on any atom is -0.352 e. The molecule has 0 unspecified atom stereocenters. The van der Waals surface area contributed by atoms with Crippen molar-refractivity contribution in [2.45, 2.75) is 27.7 Å². The second-order valence-electron chi connectivity index (χ2n) is 5.84. The van der Waals surface area contributed by atoms with Gasteiger partial charge in [0.1, 0.15) is 0 Å². The highest BCUT2D eigenvalue weighted by molar-refractivity contribution is 5.93. The van der Waals surface area contributed by atoms with Crippen LogP contribution in [0.5, 0.6) is 0 Å². The molecule has 1 heterocycles. The molecule has 22 heavy (non-hydrogen) atoms. The van der Waals surface area contributed by atoms with E-state index < -0.39 is 0 Å². The molecule has 5 nitrogen and oxygen atoms in total. The Bertz CT molecular complexity index is 650. The minimum atomic E-state index is -0.146. The number of nitrogens with one attached hydrogen (secondary N) is 2. The van der Waals surface area contributed by atoms with E-state index in [9.17, 15) is 4.79 Å². The summed E-state index contributed by atoms with van der Waals surface area (Å²) in [4.78, 5) is 20.3. The average molecular weight is 298 g/mol. The zero-order chi connectivity index (χ0) is 16.1. The van der Waals surface area contributed by atoms with Gasteiger partial charge in [0, 0.05) is 24.6 Å². The number of carbonyl (C=O) groups is 1. The van der Waals surface area contributed by atoms with Crippen molar-refractivity contribution in [2.75, 3.05) is 11.9 Å². The maximum atomic E-state index is 11.9. The summed E-state index contributed by atoms with van der Waals surface area (Å²) in [6.07, 6.45) is 3.08. The zero-order valence-corrected chi connectivity index (χ0v) is 13.5. The lowest BCUT2D eigenvalue weighted by Gasteiger charge is -2.10. The van der Waals surface area contributed by atoms with Crippen LogP contribution in [0.15, 0.2) is 30.6 Å². The van der Waals surface area contributed by atoms with Crippen molar-refractivity contribution in [3.63, 3.8) is 0 Å². The van der Waals surface area contributed by atoms with Gasteiger partial charge in [-0.1, -0.05) is 26.0 Å². The number of benzene rings is 1. The summed E-state index contributed by atoms with van der Waals surface area (Å²) < 4.78 is 0. The highest BCUT2D eigenvalue weighted by atomic mass is 16.1. The Labute approximate surface area is 131 Å². The molecule has 2 aromatic rings. The van der Waals surface area contributed by atoms with E-state index in [1.807, 2.05) is 39.8 Å². The van der Waals surface area contributed by atoms with E-state index in [1.165, 1.54) is 12.4 Å². The van der Waals surface area contributed by atoms with Crippen LogP contribution in [0.1, 0.15) is 35.3 Å². The molecular formula is C17H22N4O. The van der Waals surface area contributed by atoms with Crippen LogP contribution in [0, 0.1) is 19.8 Å². The molecule has 0 atom stereocenters. The van der Waals surface area contributed by atoms with Gasteiger partial charge in [0.05, 0.1) is 5.56 Å². The quantitative estimate of drug-likeness (QED) is 0.889. The Balaban J connectivity index is 2.05. The van der Waals surface area contributed by atoms with Crippen LogP contribution in [-0.2, 0) is 0 Å². The molecular weight excluding hydrogens is 276 g/mol. The molecule has 0 aliphatic carbocycles. The number of carbonyl (C=O) groups excluding carboxylic acids is 1. The first-order chi connectivity index (χ1) is 10.5. The number of hydrogen-bond acceptors (Lipinski definition) is 4. The second-order valence-corrected chi connectivity index (χ2v) is 5.84. The minimum absolute atomic E-state index is 0.146. The fourth-order valence-corrected chi connectivity index (χ4v) is 1.90. The topological polar surface area (TPSA) is 66.9 Å². The first-order valence-corrected chi connectivity index (χ1v) is 7.40. The van der Waals surface area contributed by atoms with Gasteiger partial charge in [-0.25, -0.2) is 9.97 Å². The molecule has 116 valence electrons. The average Bonchev–Trinajstić information content (AvgIpc) is 2.49. The van der Waals surface area contributed by atoms with Crippen LogP contribution >= 0.6 is 0 Å². The molecule has 0 aliphatic heterocycles. The van der Waals surface area contributed by atoms with Crippen LogP contribution in [0.4, 0.5) is 11.6 Å². The standard InChI is InChI=1S/C17H22N4O/c1-11(2)8-18-16(22)14-9-19-17(20-10-14)21-15-7-12(3)5-6-13(15)4/h5-7,9-11H,8H2,1-4H3,(H,18,22)(H,19,20,21). The highest BCUT2D eigenvalue weighted by Gasteiger charge is 2.08. The van der Waals surface area contributed by atoms with Crippen molar-refractivity contribution in [3.8, 4) is 0 Å². The largest absolute Gasteiger partial charge is 0.352 e. The van der Waals surface area contributed by atoms with Crippen LogP contribution in [0.2, 0.25) is 0 Å². The van der Waals surface area contributed by atoms with Crippen molar-refractivity contribution >= 4 is 17.5 Å². The summed E-state index contributed by atoms with van der Waals surface area (Å²) in [5, 5.41) is 6.02. The van der Waals surface area contributed by atoms with Crippen LogP contribution in [-0.4, -0.2) is 22.4 Å². The first kappa shape index (κ1) is 15.9. The summed E-state index contributed by atoms with van der Waals surface area (Å²) in [6, 6.07) is 6.15. The van der Waals surface area contributed by atoms with Crippen LogP contribution in [0.3, 0.4) is 0 Å². The Hall–Kier alpha value is -2.43. The van der Waals surface area contributed by atoms with Gasteiger partial charge in [-0.05, 0) is 37.0 Å². The summed E-state index contributed by atoms with van der Waals surface area (Å²) in [7, 11) is 0. The summed E-state index contributed by atoms with van der Waals surface area (Å²) in [5.74, 6) is 0.746. The number of rotatable bonds is 5. The molecule has 5 heteroatoms. The Kier molecular flexibility index (Phi) is 5.09. The zero-order valence-electron chi connectivity index (χ0n) is 13.5. The molecule has 0 spiro atoms. The molecule has 1 aromatic heterocycles. The number of nitrogens with zero attached hydrogens (tertiary/aromatic N) is 2. The van der Waals surface area contributed by atoms with Gasteiger partial charge in [0.2, 0.25) is 5.95 Å². The second kappa shape index (κ2) is 7.02. The summed E-state index contributed by atoms with van der Waals surface area (Å²) in [6.45, 7) is 8.80. The monoisotopic (exact) mass is 298 g/mol. The van der Waals surface area contributed by atoms with E-state index in [0.717, 1.165) is 16.8 Å². The molecule has 0 saturated carbocycles. The number of aromatic nitrogens is 2. The van der Waals surface area contributed by atoms with Gasteiger partial charge in [-0.2, -0.15) is 0 Å². The van der Waals surface area contributed by atoms with Gasteiger partial charge in [0.15, 0.2) is 0 Å². The fraction of sp³-hybridized carbons (Fsp3) is 0.353. The lowest BCUT2D eigenvalue weighted by molar-refractivity contribution is 0.0948. The smallest absolute Gasteiger partial charge is 0.254 e. The SMILES string of the molecule is Cc1ccc(C)c(Nc2ncc(C(=O)NCC(C)C)cn2)c1. The van der Waals surface area contributed by atoms with E-state index in [-0.39, 0.29) is 5.91 Å². The van der Waals surface area contributed by atoms with Gasteiger partial charge in [0.25, 0.3) is 5.91 Å². The predicted octanol–water partition coefficient (Wildman–Crippen LogP) is 3.22. The van der Waals surface area contributed by atoms with E-state index in [2.05, 4.69) is 26.7 Å². The highest BCUT2D eigenvalue weighted by Crippen LogP contribution is 2.19. The summed E-state index contributed by atoms with van der Waals surface area (Å²) >= 11 is 0. The Morgan fingerprint density at radius 1 is 1.18 bits per heavy atom. The van der Waals surface area contributed by atoms with Crippen LogP contribution < -0.4 is 10.6 Å². The van der Waals surface area contributed by atoms with E-state index >= 15 is 0 Å². The molecule has 1 amide bonds. The number of aryl methyl sites for hydroxylation is 2. The maximum Gasteiger partial charge on any atom is 0.254 e. The fourth-order valence-electron chi connectivity index (χ4n) is 1.90. The predicted molar refractivity (Wildman–Crippen MR) is 88.4 cm³/mol. The lowest BCUT2D eigenvalue weighted by atomic mass is 10.1. The summed E-state index contributed by atoms with van der Waals surface area (Å²) in [5.41, 5.74) is 3.72. The van der Waals surface area contributed by atoms with Gasteiger partial charge in [-0.3, -0.25) is 4.79 Å². The number of hydrogen-bond donors (Lipinski definition) is 2. The molecule has 0 bridgehead atoms. The molecule has 2 rings (SSSR count). The van der Waals surface area contributed by atoms with Crippen molar-refractivity contribution in [1.82, 2.24) is 15.3 Å². The van der Waals surface area contributed by atoms with Gasteiger partial charge < -0.3 is 10.6 Å². The van der Waals surface area contributed by atoms with E-state index in [0.29, 0.717) is 24.0 Å². The Morgan fingerprint density at radius 3 is 2.50 bits per heavy atom. The number of anilines is 2. The van der Waals surface area contributed by atoms with Crippen molar-refractivity contribution in [1.29, 1.82) is 0 Å². The molecule has 1 aromatic carbocycles. The normalized spacial score (nSPS) is 10.6. The number of amides is 1. The van der Waals surface area contributed by atoms with E-state index in [4.69, 9.17) is 0 Å². The molecule has 0 fully saturated rings. The Morgan fingerprint density at radius 2 is 1.86 bits per heavy atom. The van der Waals surface area contributed by atoms with Crippen molar-refractivity contribution in [3.05, 3.63) is 47.3 Å². The first-order valence-electron chi connectivity index (χ1n) is 7.40. The third kappa shape index (κ3) is 4.28. The third-order valence-corrected chi connectivity index (χ3v) is 3.22. The maximum absolute atomic E-state index is 11.9. The molecule has 0 saturated heterocycles. The van der Waals surface area contributed by atoms with Crippen LogP contribution in [0.25, 0.3) is 0 Å². The van der Waals surface area contributed by atoms with Gasteiger partial charge >= 0.3 is 0 Å². The third-order valence-electron chi connectivity index (χ3n) is 3.22. The molecule has 2 N–H and O–H groups in total. The van der Waals surface area contributed by atoms with Crippen molar-refractivity contribution < 1.29 is 4.79 Å². The van der Waals surface area contributed by atoms with Crippen molar-refractivity contribution in [2.24, 2.45) is 5.92 Å². The van der Waals surface area contributed by atoms with E-state index in [1.54, 1.807) is 0 Å². The van der Waals surface area contributed by atoms with Gasteiger partial charge in [-0.15, -0.1) is 0 Å². The lowest BCUT2D eigenvalue weighted by Crippen LogP contribution is -2.27.